The van der Waals surface area contributed by atoms with Crippen LogP contribution in [-0.2, 0) is 4.79 Å². The van der Waals surface area contributed by atoms with Crippen LogP contribution in [0.25, 0.3) is 0 Å². The Kier molecular flexibility index (Phi) is 3.98. The van der Waals surface area contributed by atoms with Crippen LogP contribution in [0.3, 0.4) is 0 Å². The van der Waals surface area contributed by atoms with Crippen molar-refractivity contribution in [3.8, 4) is 0 Å². The number of nitrogens with zero attached hydrogens (tertiary/aromatic N) is 2. The van der Waals surface area contributed by atoms with Crippen LogP contribution in [0, 0.1) is 0 Å². The van der Waals surface area contributed by atoms with Crippen molar-refractivity contribution in [3.05, 3.63) is 0 Å². The van der Waals surface area contributed by atoms with Gasteiger partial charge in [0.2, 0.25) is 5.24 Å². The molecule has 0 amide bonds. The second-order valence-electron chi connectivity index (χ2n) is 3.25. The van der Waals surface area contributed by atoms with Gasteiger partial charge in [-0.2, -0.15) is 0 Å². The lowest BCUT2D eigenvalue weighted by Gasteiger charge is -2.31. The van der Waals surface area contributed by atoms with Crippen molar-refractivity contribution in [3.63, 3.8) is 0 Å². The van der Waals surface area contributed by atoms with E-state index < -0.39 is 0 Å². The van der Waals surface area contributed by atoms with Crippen molar-refractivity contribution >= 4 is 16.8 Å². The molecule has 1 aliphatic heterocycles. The molecular weight excluding hydrogens is 176 g/mol. The molecule has 1 aliphatic rings. The van der Waals surface area contributed by atoms with Gasteiger partial charge < -0.3 is 9.80 Å². The first-order valence-corrected chi connectivity index (χ1v) is 4.65. The quantitative estimate of drug-likeness (QED) is 0.602. The fraction of sp³-hybridized carbons (Fsp3) is 0.875. The predicted molar refractivity (Wildman–Crippen MR) is 49.4 cm³/mol. The lowest BCUT2D eigenvalue weighted by atomic mass is 10.3. The average molecular weight is 191 g/mol. The fourth-order valence-electron chi connectivity index (χ4n) is 1.32. The van der Waals surface area contributed by atoms with E-state index in [0.717, 1.165) is 32.7 Å². The summed E-state index contributed by atoms with van der Waals surface area (Å²) in [6, 6.07) is 0. The van der Waals surface area contributed by atoms with E-state index in [4.69, 9.17) is 11.6 Å². The molecule has 0 aromatic rings. The minimum absolute atomic E-state index is 0.228. The van der Waals surface area contributed by atoms with Crippen LogP contribution in [0.1, 0.15) is 6.42 Å². The van der Waals surface area contributed by atoms with E-state index in [1.807, 2.05) is 0 Å². The number of likely N-dealkylation sites (N-methyl/N-ethyl adjacent to an activating group) is 1. The van der Waals surface area contributed by atoms with Crippen LogP contribution in [0.4, 0.5) is 0 Å². The van der Waals surface area contributed by atoms with E-state index in [0.29, 0.717) is 6.42 Å². The summed E-state index contributed by atoms with van der Waals surface area (Å²) >= 11 is 5.25. The summed E-state index contributed by atoms with van der Waals surface area (Å²) in [5, 5.41) is -0.228. The first kappa shape index (κ1) is 9.96. The second-order valence-corrected chi connectivity index (χ2v) is 3.67. The molecule has 0 N–H and O–H groups in total. The zero-order valence-electron chi connectivity index (χ0n) is 7.42. The molecule has 0 atom stereocenters. The molecule has 0 bridgehead atoms. The van der Waals surface area contributed by atoms with Gasteiger partial charge in [0.25, 0.3) is 0 Å². The van der Waals surface area contributed by atoms with Gasteiger partial charge in [-0.15, -0.1) is 0 Å². The molecule has 70 valence electrons. The number of hydrogen-bond acceptors (Lipinski definition) is 3. The molecule has 0 saturated carbocycles. The molecule has 0 spiro atoms. The van der Waals surface area contributed by atoms with Crippen LogP contribution >= 0.6 is 11.6 Å². The van der Waals surface area contributed by atoms with Gasteiger partial charge in [0.15, 0.2) is 0 Å². The molecule has 0 unspecified atom stereocenters. The maximum absolute atomic E-state index is 10.5. The summed E-state index contributed by atoms with van der Waals surface area (Å²) in [4.78, 5) is 15.0. The Labute approximate surface area is 78.3 Å². The zero-order chi connectivity index (χ0) is 8.97. The molecule has 12 heavy (non-hydrogen) atoms. The Bertz CT molecular complexity index is 155. The number of halogens is 1. The topological polar surface area (TPSA) is 23.6 Å². The fourth-order valence-corrected chi connectivity index (χ4v) is 1.40. The molecule has 0 aliphatic carbocycles. The molecule has 0 aromatic carbocycles. The minimum atomic E-state index is -0.228. The molecule has 0 radical (unpaired) electrons. The highest BCUT2D eigenvalue weighted by Gasteiger charge is 2.13. The predicted octanol–water partition coefficient (Wildman–Crippen LogP) is 0.389. The van der Waals surface area contributed by atoms with Gasteiger partial charge in [0, 0.05) is 39.1 Å². The van der Waals surface area contributed by atoms with Gasteiger partial charge in [0.05, 0.1) is 0 Å². The van der Waals surface area contributed by atoms with Crippen molar-refractivity contribution in [2.75, 3.05) is 39.8 Å². The van der Waals surface area contributed by atoms with E-state index in [1.165, 1.54) is 0 Å². The maximum atomic E-state index is 10.5. The third kappa shape index (κ3) is 3.52. The van der Waals surface area contributed by atoms with E-state index in [1.54, 1.807) is 0 Å². The Hall–Kier alpha value is -0.120. The van der Waals surface area contributed by atoms with Crippen molar-refractivity contribution < 1.29 is 4.79 Å². The number of carbonyl (C=O) groups excluding carboxylic acids is 1. The summed E-state index contributed by atoms with van der Waals surface area (Å²) in [6.07, 6.45) is 0.477. The average Bonchev–Trinajstić information content (AvgIpc) is 2.03. The van der Waals surface area contributed by atoms with Gasteiger partial charge >= 0.3 is 0 Å². The lowest BCUT2D eigenvalue weighted by Crippen LogP contribution is -2.44. The molecule has 1 fully saturated rings. The highest BCUT2D eigenvalue weighted by Crippen LogP contribution is 2.00. The molecule has 1 saturated heterocycles. The monoisotopic (exact) mass is 190 g/mol. The Morgan fingerprint density at radius 1 is 1.33 bits per heavy atom. The van der Waals surface area contributed by atoms with Gasteiger partial charge in [-0.3, -0.25) is 4.79 Å². The third-order valence-electron chi connectivity index (χ3n) is 2.22. The van der Waals surface area contributed by atoms with Crippen molar-refractivity contribution in [1.82, 2.24) is 9.80 Å². The van der Waals surface area contributed by atoms with Gasteiger partial charge in [-0.1, -0.05) is 0 Å². The second kappa shape index (κ2) is 4.80. The van der Waals surface area contributed by atoms with E-state index in [-0.39, 0.29) is 5.24 Å². The van der Waals surface area contributed by atoms with Crippen molar-refractivity contribution in [1.29, 1.82) is 0 Å². The minimum Gasteiger partial charge on any atom is -0.304 e. The van der Waals surface area contributed by atoms with Gasteiger partial charge in [0.1, 0.15) is 0 Å². The lowest BCUT2D eigenvalue weighted by molar-refractivity contribution is -0.112. The van der Waals surface area contributed by atoms with Gasteiger partial charge in [-0.25, -0.2) is 0 Å². The summed E-state index contributed by atoms with van der Waals surface area (Å²) in [6.45, 7) is 5.12. The van der Waals surface area contributed by atoms with Crippen LogP contribution < -0.4 is 0 Å². The standard InChI is InChI=1S/C8H15ClN2O/c1-10-4-6-11(7-5-10)3-2-8(9)12/h2-7H2,1H3. The molecule has 1 rings (SSSR count). The van der Waals surface area contributed by atoms with Crippen LogP contribution in [0.15, 0.2) is 0 Å². The van der Waals surface area contributed by atoms with E-state index in [2.05, 4.69) is 16.8 Å². The molecular formula is C8H15ClN2O. The van der Waals surface area contributed by atoms with E-state index >= 15 is 0 Å². The molecule has 3 nitrogen and oxygen atoms in total. The van der Waals surface area contributed by atoms with Crippen LogP contribution in [0.2, 0.25) is 0 Å². The van der Waals surface area contributed by atoms with Crippen LogP contribution in [0.5, 0.6) is 0 Å². The summed E-state index contributed by atoms with van der Waals surface area (Å²) in [5.74, 6) is 0. The summed E-state index contributed by atoms with van der Waals surface area (Å²) < 4.78 is 0. The largest absolute Gasteiger partial charge is 0.304 e. The van der Waals surface area contributed by atoms with Crippen LogP contribution in [-0.4, -0.2) is 54.8 Å². The summed E-state index contributed by atoms with van der Waals surface area (Å²) in [5.41, 5.74) is 0. The molecule has 1 heterocycles. The Morgan fingerprint density at radius 2 is 1.92 bits per heavy atom. The number of piperazine rings is 1. The van der Waals surface area contributed by atoms with Gasteiger partial charge in [-0.05, 0) is 18.6 Å². The smallest absolute Gasteiger partial charge is 0.222 e. The first-order chi connectivity index (χ1) is 5.68. The Balaban J connectivity index is 2.13. The number of rotatable bonds is 3. The SMILES string of the molecule is CN1CCN(CCC(=O)Cl)CC1. The number of carbonyl (C=O) groups is 1. The molecule has 4 heteroatoms. The normalized spacial score (nSPS) is 21.2. The zero-order valence-corrected chi connectivity index (χ0v) is 8.18. The Morgan fingerprint density at radius 3 is 2.42 bits per heavy atom. The highest BCUT2D eigenvalue weighted by atomic mass is 35.5. The van der Waals surface area contributed by atoms with Crippen molar-refractivity contribution in [2.24, 2.45) is 0 Å². The van der Waals surface area contributed by atoms with Crippen molar-refractivity contribution in [2.45, 2.75) is 6.42 Å². The molecule has 0 aromatic heterocycles. The highest BCUT2D eigenvalue weighted by molar-refractivity contribution is 6.63. The third-order valence-corrected chi connectivity index (χ3v) is 2.41. The maximum Gasteiger partial charge on any atom is 0.222 e. The van der Waals surface area contributed by atoms with E-state index in [9.17, 15) is 4.79 Å². The first-order valence-electron chi connectivity index (χ1n) is 4.28. The number of hydrogen-bond donors (Lipinski definition) is 0. The summed E-state index contributed by atoms with van der Waals surface area (Å²) in [7, 11) is 2.12.